The molecule has 1 fully saturated rings. The van der Waals surface area contributed by atoms with Gasteiger partial charge in [-0.2, -0.15) is 0 Å². The molecule has 5 nitrogen and oxygen atoms in total. The summed E-state index contributed by atoms with van der Waals surface area (Å²) in [4.78, 5) is 16.4. The molecule has 1 aliphatic rings. The van der Waals surface area contributed by atoms with Crippen molar-refractivity contribution in [3.05, 3.63) is 48.2 Å². The molecule has 2 heterocycles. The second kappa shape index (κ2) is 7.45. The van der Waals surface area contributed by atoms with Gasteiger partial charge in [0.25, 0.3) is 5.91 Å². The number of hydrogen-bond acceptors (Lipinski definition) is 4. The fourth-order valence-corrected chi connectivity index (χ4v) is 2.80. The third-order valence-electron chi connectivity index (χ3n) is 4.10. The number of hydrogen-bond donors (Lipinski definition) is 2. The SMILES string of the molecule is CC(C)c1ccccc1Nc1ccc(NC(=O)C2CCCO2)cn1. The molecule has 126 valence electrons. The average molecular weight is 325 g/mol. The number of benzene rings is 1. The van der Waals surface area contributed by atoms with Gasteiger partial charge in [0, 0.05) is 12.3 Å². The monoisotopic (exact) mass is 325 g/mol. The molecule has 1 unspecified atom stereocenters. The van der Waals surface area contributed by atoms with Gasteiger partial charge in [-0.15, -0.1) is 0 Å². The maximum atomic E-state index is 12.0. The molecular weight excluding hydrogens is 302 g/mol. The van der Waals surface area contributed by atoms with E-state index in [1.54, 1.807) is 6.20 Å². The summed E-state index contributed by atoms with van der Waals surface area (Å²) in [5.74, 6) is 1.08. The second-order valence-electron chi connectivity index (χ2n) is 6.29. The van der Waals surface area contributed by atoms with Crippen LogP contribution in [-0.4, -0.2) is 23.6 Å². The first-order chi connectivity index (χ1) is 11.6. The van der Waals surface area contributed by atoms with Crippen molar-refractivity contribution in [3.8, 4) is 0 Å². The van der Waals surface area contributed by atoms with Gasteiger partial charge in [-0.3, -0.25) is 4.79 Å². The predicted molar refractivity (Wildman–Crippen MR) is 95.7 cm³/mol. The molecule has 2 aromatic rings. The molecule has 0 radical (unpaired) electrons. The average Bonchev–Trinajstić information content (AvgIpc) is 3.11. The molecule has 3 rings (SSSR count). The highest BCUT2D eigenvalue weighted by molar-refractivity contribution is 5.94. The summed E-state index contributed by atoms with van der Waals surface area (Å²) >= 11 is 0. The molecule has 1 atom stereocenters. The van der Waals surface area contributed by atoms with Gasteiger partial charge in [0.2, 0.25) is 0 Å². The zero-order valence-electron chi connectivity index (χ0n) is 14.1. The minimum atomic E-state index is -0.333. The Kier molecular flexibility index (Phi) is 5.11. The highest BCUT2D eigenvalue weighted by Crippen LogP contribution is 2.26. The van der Waals surface area contributed by atoms with E-state index in [1.165, 1.54) is 5.56 Å². The summed E-state index contributed by atoms with van der Waals surface area (Å²) in [7, 11) is 0. The van der Waals surface area contributed by atoms with Crippen LogP contribution in [-0.2, 0) is 9.53 Å². The number of para-hydroxylation sites is 1. The molecule has 0 spiro atoms. The lowest BCUT2D eigenvalue weighted by atomic mass is 10.0. The largest absolute Gasteiger partial charge is 0.368 e. The van der Waals surface area contributed by atoms with Crippen LogP contribution in [0.5, 0.6) is 0 Å². The van der Waals surface area contributed by atoms with Crippen LogP contribution < -0.4 is 10.6 Å². The Morgan fingerprint density at radius 2 is 2.08 bits per heavy atom. The van der Waals surface area contributed by atoms with Crippen molar-refractivity contribution in [2.24, 2.45) is 0 Å². The predicted octanol–water partition coefficient (Wildman–Crippen LogP) is 4.07. The number of carbonyl (C=O) groups excluding carboxylic acids is 1. The van der Waals surface area contributed by atoms with Gasteiger partial charge in [-0.25, -0.2) is 4.98 Å². The minimum Gasteiger partial charge on any atom is -0.368 e. The molecule has 0 saturated carbocycles. The zero-order valence-corrected chi connectivity index (χ0v) is 14.1. The van der Waals surface area contributed by atoms with Crippen molar-refractivity contribution in [1.82, 2.24) is 4.98 Å². The Balaban J connectivity index is 1.65. The molecule has 24 heavy (non-hydrogen) atoms. The zero-order chi connectivity index (χ0) is 16.9. The number of amides is 1. The Morgan fingerprint density at radius 1 is 1.25 bits per heavy atom. The Labute approximate surface area is 142 Å². The summed E-state index contributed by atoms with van der Waals surface area (Å²) in [5, 5.41) is 6.19. The Bertz CT molecular complexity index is 692. The third-order valence-corrected chi connectivity index (χ3v) is 4.10. The third kappa shape index (κ3) is 3.92. The van der Waals surface area contributed by atoms with Crippen molar-refractivity contribution >= 4 is 23.1 Å². The number of nitrogens with zero attached hydrogens (tertiary/aromatic N) is 1. The van der Waals surface area contributed by atoms with Crippen LogP contribution in [0, 0.1) is 0 Å². The summed E-state index contributed by atoms with van der Waals surface area (Å²) in [5.41, 5.74) is 2.98. The number of nitrogens with one attached hydrogen (secondary N) is 2. The quantitative estimate of drug-likeness (QED) is 0.870. The van der Waals surface area contributed by atoms with Gasteiger partial charge >= 0.3 is 0 Å². The lowest BCUT2D eigenvalue weighted by Gasteiger charge is -2.14. The second-order valence-corrected chi connectivity index (χ2v) is 6.29. The molecule has 0 bridgehead atoms. The van der Waals surface area contributed by atoms with Crippen LogP contribution in [0.2, 0.25) is 0 Å². The van der Waals surface area contributed by atoms with Crippen molar-refractivity contribution in [1.29, 1.82) is 0 Å². The van der Waals surface area contributed by atoms with E-state index >= 15 is 0 Å². The maximum Gasteiger partial charge on any atom is 0.253 e. The number of pyridine rings is 1. The van der Waals surface area contributed by atoms with Gasteiger partial charge in [-0.05, 0) is 42.5 Å². The van der Waals surface area contributed by atoms with E-state index in [-0.39, 0.29) is 12.0 Å². The first-order valence-electron chi connectivity index (χ1n) is 8.38. The van der Waals surface area contributed by atoms with E-state index in [9.17, 15) is 4.79 Å². The summed E-state index contributed by atoms with van der Waals surface area (Å²) in [6.45, 7) is 4.99. The summed E-state index contributed by atoms with van der Waals surface area (Å²) in [6, 6.07) is 11.9. The smallest absolute Gasteiger partial charge is 0.253 e. The van der Waals surface area contributed by atoms with Gasteiger partial charge < -0.3 is 15.4 Å². The van der Waals surface area contributed by atoms with Crippen LogP contribution in [0.25, 0.3) is 0 Å². The molecule has 0 aliphatic carbocycles. The molecular formula is C19H23N3O2. The van der Waals surface area contributed by atoms with E-state index in [1.807, 2.05) is 30.3 Å². The fraction of sp³-hybridized carbons (Fsp3) is 0.368. The number of ether oxygens (including phenoxy) is 1. The van der Waals surface area contributed by atoms with Gasteiger partial charge in [0.05, 0.1) is 11.9 Å². The van der Waals surface area contributed by atoms with Crippen LogP contribution in [0.3, 0.4) is 0 Å². The van der Waals surface area contributed by atoms with E-state index < -0.39 is 0 Å². The van der Waals surface area contributed by atoms with E-state index in [4.69, 9.17) is 4.74 Å². The molecule has 1 saturated heterocycles. The van der Waals surface area contributed by atoms with Gasteiger partial charge in [0.1, 0.15) is 11.9 Å². The lowest BCUT2D eigenvalue weighted by Crippen LogP contribution is -2.26. The molecule has 2 N–H and O–H groups in total. The highest BCUT2D eigenvalue weighted by atomic mass is 16.5. The van der Waals surface area contributed by atoms with Crippen molar-refractivity contribution < 1.29 is 9.53 Å². The Morgan fingerprint density at radius 3 is 2.75 bits per heavy atom. The number of aromatic nitrogens is 1. The molecule has 5 heteroatoms. The maximum absolute atomic E-state index is 12.0. The number of anilines is 3. The van der Waals surface area contributed by atoms with E-state index in [0.717, 1.165) is 24.3 Å². The number of rotatable bonds is 5. The lowest BCUT2D eigenvalue weighted by molar-refractivity contribution is -0.124. The topological polar surface area (TPSA) is 63.2 Å². The van der Waals surface area contributed by atoms with Crippen LogP contribution in [0.15, 0.2) is 42.6 Å². The summed E-state index contributed by atoms with van der Waals surface area (Å²) < 4.78 is 5.38. The van der Waals surface area contributed by atoms with E-state index in [2.05, 4.69) is 35.5 Å². The van der Waals surface area contributed by atoms with Gasteiger partial charge in [-0.1, -0.05) is 32.0 Å². The number of carbonyl (C=O) groups is 1. The van der Waals surface area contributed by atoms with Crippen molar-refractivity contribution in [3.63, 3.8) is 0 Å². The molecule has 1 amide bonds. The Hall–Kier alpha value is -2.40. The fourth-order valence-electron chi connectivity index (χ4n) is 2.80. The standard InChI is InChI=1S/C19H23N3O2/c1-13(2)15-6-3-4-7-16(15)22-18-10-9-14(12-20-18)21-19(23)17-8-5-11-24-17/h3-4,6-7,9-10,12-13,17H,5,8,11H2,1-2H3,(H,20,22)(H,21,23). The van der Waals surface area contributed by atoms with Crippen molar-refractivity contribution in [2.45, 2.75) is 38.7 Å². The van der Waals surface area contributed by atoms with E-state index in [0.29, 0.717) is 18.2 Å². The molecule has 1 aliphatic heterocycles. The van der Waals surface area contributed by atoms with Crippen LogP contribution in [0.1, 0.15) is 38.2 Å². The first kappa shape index (κ1) is 16.5. The first-order valence-corrected chi connectivity index (χ1v) is 8.38. The molecule has 1 aromatic heterocycles. The minimum absolute atomic E-state index is 0.0971. The van der Waals surface area contributed by atoms with Crippen LogP contribution >= 0.6 is 0 Å². The highest BCUT2D eigenvalue weighted by Gasteiger charge is 2.23. The van der Waals surface area contributed by atoms with Gasteiger partial charge in [0.15, 0.2) is 0 Å². The summed E-state index contributed by atoms with van der Waals surface area (Å²) in [6.07, 6.45) is 3.05. The van der Waals surface area contributed by atoms with Crippen LogP contribution in [0.4, 0.5) is 17.2 Å². The normalized spacial score (nSPS) is 17.0. The van der Waals surface area contributed by atoms with Crippen molar-refractivity contribution in [2.75, 3.05) is 17.2 Å². The molecule has 1 aromatic carbocycles.